The van der Waals surface area contributed by atoms with E-state index in [0.717, 1.165) is 12.1 Å². The van der Waals surface area contributed by atoms with Gasteiger partial charge in [-0.3, -0.25) is 4.90 Å². The number of hydrogen-bond acceptors (Lipinski definition) is 3. The molecule has 1 aliphatic rings. The number of nitrogens with zero attached hydrogens (tertiary/aromatic N) is 1. The molecular weight excluding hydrogens is 318 g/mol. The number of rotatable bonds is 5. The van der Waals surface area contributed by atoms with E-state index in [1.54, 1.807) is 29.2 Å². The average Bonchev–Trinajstić information content (AvgIpc) is 3.03. The number of ether oxygens (including phenoxy) is 1. The summed E-state index contributed by atoms with van der Waals surface area (Å²) in [4.78, 5) is 25.1. The van der Waals surface area contributed by atoms with Gasteiger partial charge in [-0.15, -0.1) is 0 Å². The lowest BCUT2D eigenvalue weighted by Crippen LogP contribution is -2.30. The van der Waals surface area contributed by atoms with E-state index < -0.39 is 0 Å². The number of amides is 3. The fraction of sp³-hybridized carbons (Fsp3) is 0.263. The highest BCUT2D eigenvalue weighted by molar-refractivity contribution is 5.91. The van der Waals surface area contributed by atoms with Gasteiger partial charge < -0.3 is 15.4 Å². The second kappa shape index (κ2) is 7.70. The third-order valence-corrected chi connectivity index (χ3v) is 4.14. The minimum Gasteiger partial charge on any atom is -0.447 e. The molecule has 130 valence electrons. The summed E-state index contributed by atoms with van der Waals surface area (Å²) in [6, 6.07) is 15.0. The Morgan fingerprint density at radius 1 is 1.16 bits per heavy atom. The van der Waals surface area contributed by atoms with Crippen LogP contribution in [0.25, 0.3) is 0 Å². The molecule has 0 atom stereocenters. The highest BCUT2D eigenvalue weighted by Crippen LogP contribution is 2.21. The monoisotopic (exact) mass is 339 g/mol. The van der Waals surface area contributed by atoms with E-state index in [-0.39, 0.29) is 12.1 Å². The highest BCUT2D eigenvalue weighted by atomic mass is 16.6. The van der Waals surface area contributed by atoms with Crippen molar-refractivity contribution in [3.63, 3.8) is 0 Å². The van der Waals surface area contributed by atoms with Crippen molar-refractivity contribution < 1.29 is 14.3 Å². The van der Waals surface area contributed by atoms with Gasteiger partial charge in [-0.1, -0.05) is 24.3 Å². The van der Waals surface area contributed by atoms with Gasteiger partial charge in [-0.2, -0.15) is 0 Å². The third kappa shape index (κ3) is 4.29. The molecule has 0 unspecified atom stereocenters. The molecule has 6 nitrogen and oxygen atoms in total. The van der Waals surface area contributed by atoms with Gasteiger partial charge in [-0.05, 0) is 48.7 Å². The SMILES string of the molecule is Cc1ccccc1CCNC(=O)Nc1ccc(N2CCOC2=O)cc1. The molecule has 1 fully saturated rings. The summed E-state index contributed by atoms with van der Waals surface area (Å²) in [6.07, 6.45) is 0.450. The number of hydrogen-bond donors (Lipinski definition) is 2. The van der Waals surface area contributed by atoms with E-state index in [0.29, 0.717) is 25.4 Å². The molecule has 1 aliphatic heterocycles. The summed E-state index contributed by atoms with van der Waals surface area (Å²) in [5, 5.41) is 5.64. The number of carbonyl (C=O) groups excluding carboxylic acids is 2. The molecule has 3 rings (SSSR count). The summed E-state index contributed by atoms with van der Waals surface area (Å²) in [5.41, 5.74) is 3.88. The van der Waals surface area contributed by atoms with Crippen LogP contribution in [0.5, 0.6) is 0 Å². The van der Waals surface area contributed by atoms with E-state index >= 15 is 0 Å². The zero-order valence-electron chi connectivity index (χ0n) is 14.1. The van der Waals surface area contributed by atoms with Crippen LogP contribution in [0.3, 0.4) is 0 Å². The van der Waals surface area contributed by atoms with Crippen molar-refractivity contribution in [2.45, 2.75) is 13.3 Å². The predicted octanol–water partition coefficient (Wildman–Crippen LogP) is 3.32. The molecule has 3 amide bonds. The van der Waals surface area contributed by atoms with Gasteiger partial charge in [0.15, 0.2) is 0 Å². The largest absolute Gasteiger partial charge is 0.447 e. The van der Waals surface area contributed by atoms with Crippen LogP contribution in [0.15, 0.2) is 48.5 Å². The van der Waals surface area contributed by atoms with Gasteiger partial charge in [0.1, 0.15) is 6.61 Å². The summed E-state index contributed by atoms with van der Waals surface area (Å²) >= 11 is 0. The normalized spacial score (nSPS) is 13.5. The molecule has 2 N–H and O–H groups in total. The van der Waals surface area contributed by atoms with Gasteiger partial charge in [0, 0.05) is 17.9 Å². The van der Waals surface area contributed by atoms with Crippen molar-refractivity contribution >= 4 is 23.5 Å². The van der Waals surface area contributed by atoms with Gasteiger partial charge >= 0.3 is 12.1 Å². The zero-order chi connectivity index (χ0) is 17.6. The number of urea groups is 1. The summed E-state index contributed by atoms with van der Waals surface area (Å²) in [7, 11) is 0. The Hall–Kier alpha value is -3.02. The van der Waals surface area contributed by atoms with Crippen molar-refractivity contribution in [3.05, 3.63) is 59.7 Å². The molecule has 0 bridgehead atoms. The van der Waals surface area contributed by atoms with Crippen LogP contribution in [0, 0.1) is 6.92 Å². The number of benzene rings is 2. The lowest BCUT2D eigenvalue weighted by atomic mass is 10.1. The van der Waals surface area contributed by atoms with Gasteiger partial charge in [0.25, 0.3) is 0 Å². The van der Waals surface area contributed by atoms with Crippen LogP contribution in [-0.2, 0) is 11.2 Å². The highest BCUT2D eigenvalue weighted by Gasteiger charge is 2.23. The Bertz CT molecular complexity index is 759. The molecule has 2 aromatic carbocycles. The number of carbonyl (C=O) groups is 2. The van der Waals surface area contributed by atoms with Gasteiger partial charge in [0.2, 0.25) is 0 Å². The number of cyclic esters (lactones) is 1. The fourth-order valence-electron chi connectivity index (χ4n) is 2.73. The molecule has 0 spiro atoms. The van der Waals surface area contributed by atoms with Crippen molar-refractivity contribution in [1.29, 1.82) is 0 Å². The first-order chi connectivity index (χ1) is 12.1. The van der Waals surface area contributed by atoms with E-state index in [1.807, 2.05) is 12.1 Å². The van der Waals surface area contributed by atoms with Crippen LogP contribution in [0.2, 0.25) is 0 Å². The Labute approximate surface area is 146 Å². The maximum atomic E-state index is 12.0. The molecular formula is C19H21N3O3. The molecule has 0 saturated carbocycles. The molecule has 25 heavy (non-hydrogen) atoms. The quantitative estimate of drug-likeness (QED) is 0.878. The number of nitrogens with one attached hydrogen (secondary N) is 2. The van der Waals surface area contributed by atoms with Gasteiger partial charge in [0.05, 0.1) is 6.54 Å². The molecule has 1 heterocycles. The first-order valence-electron chi connectivity index (χ1n) is 8.27. The van der Waals surface area contributed by atoms with Gasteiger partial charge in [-0.25, -0.2) is 9.59 Å². The van der Waals surface area contributed by atoms with Crippen LogP contribution < -0.4 is 15.5 Å². The Morgan fingerprint density at radius 3 is 2.60 bits per heavy atom. The lowest BCUT2D eigenvalue weighted by Gasteiger charge is -2.13. The summed E-state index contributed by atoms with van der Waals surface area (Å²) < 4.78 is 4.91. The van der Waals surface area contributed by atoms with Crippen LogP contribution in [-0.4, -0.2) is 31.8 Å². The van der Waals surface area contributed by atoms with Crippen LogP contribution in [0.1, 0.15) is 11.1 Å². The standard InChI is InChI=1S/C19H21N3O3/c1-14-4-2-3-5-15(14)10-11-20-18(23)21-16-6-8-17(9-7-16)22-12-13-25-19(22)24/h2-9H,10-13H2,1H3,(H2,20,21,23). The smallest absolute Gasteiger partial charge is 0.414 e. The molecule has 1 saturated heterocycles. The average molecular weight is 339 g/mol. The van der Waals surface area contributed by atoms with Crippen molar-refractivity contribution in [3.8, 4) is 0 Å². The summed E-state index contributed by atoms with van der Waals surface area (Å²) in [5.74, 6) is 0. The van der Waals surface area contributed by atoms with Crippen molar-refractivity contribution in [2.24, 2.45) is 0 Å². The Morgan fingerprint density at radius 2 is 1.92 bits per heavy atom. The molecule has 2 aromatic rings. The Balaban J connectivity index is 1.48. The van der Waals surface area contributed by atoms with Crippen LogP contribution >= 0.6 is 0 Å². The zero-order valence-corrected chi connectivity index (χ0v) is 14.1. The minimum absolute atomic E-state index is 0.248. The van der Waals surface area contributed by atoms with Crippen molar-refractivity contribution in [1.82, 2.24) is 5.32 Å². The molecule has 0 aromatic heterocycles. The summed E-state index contributed by atoms with van der Waals surface area (Å²) in [6.45, 7) is 3.58. The number of aryl methyl sites for hydroxylation is 1. The third-order valence-electron chi connectivity index (χ3n) is 4.14. The van der Waals surface area contributed by atoms with E-state index in [2.05, 4.69) is 29.7 Å². The second-order valence-electron chi connectivity index (χ2n) is 5.87. The maximum Gasteiger partial charge on any atom is 0.414 e. The van der Waals surface area contributed by atoms with Crippen molar-refractivity contribution in [2.75, 3.05) is 29.9 Å². The minimum atomic E-state index is -0.338. The first kappa shape index (κ1) is 16.8. The van der Waals surface area contributed by atoms with Crippen LogP contribution in [0.4, 0.5) is 21.0 Å². The second-order valence-corrected chi connectivity index (χ2v) is 5.87. The van der Waals surface area contributed by atoms with E-state index in [4.69, 9.17) is 4.74 Å². The topological polar surface area (TPSA) is 70.7 Å². The van der Waals surface area contributed by atoms with E-state index in [9.17, 15) is 9.59 Å². The molecule has 6 heteroatoms. The first-order valence-corrected chi connectivity index (χ1v) is 8.27. The molecule has 0 radical (unpaired) electrons. The maximum absolute atomic E-state index is 12.0. The Kier molecular flexibility index (Phi) is 5.18. The molecule has 0 aliphatic carbocycles. The number of anilines is 2. The predicted molar refractivity (Wildman–Crippen MR) is 97.0 cm³/mol. The van der Waals surface area contributed by atoms with E-state index in [1.165, 1.54) is 11.1 Å². The fourth-order valence-corrected chi connectivity index (χ4v) is 2.73. The lowest BCUT2D eigenvalue weighted by molar-refractivity contribution is 0.181.